The number of anilines is 1. The maximum atomic E-state index is 15.5. The van der Waals surface area contributed by atoms with E-state index >= 15 is 4.39 Å². The number of nitrogens with zero attached hydrogens (tertiary/aromatic N) is 2. The molecule has 2 heterocycles. The number of carbonyl (C=O) groups is 1. The third kappa shape index (κ3) is 3.40. The second-order valence-electron chi connectivity index (χ2n) is 6.00. The zero-order chi connectivity index (χ0) is 19.6. The van der Waals surface area contributed by atoms with Gasteiger partial charge in [-0.1, -0.05) is 18.2 Å². The number of hydrogen-bond donors (Lipinski definition) is 2. The van der Waals surface area contributed by atoms with Crippen molar-refractivity contribution in [2.24, 2.45) is 0 Å². The maximum absolute atomic E-state index is 15.5. The molecular weight excluding hydrogens is 364 g/mol. The largest absolute Gasteiger partial charge is 0.452 e. The quantitative estimate of drug-likeness (QED) is 0.729. The summed E-state index contributed by atoms with van der Waals surface area (Å²) in [6, 6.07) is 8.90. The van der Waals surface area contributed by atoms with Gasteiger partial charge in [0.15, 0.2) is 12.3 Å². The van der Waals surface area contributed by atoms with Crippen LogP contribution in [-0.2, 0) is 9.47 Å². The number of hydrogen-bond acceptors (Lipinski definition) is 7. The van der Waals surface area contributed by atoms with E-state index in [1.54, 1.807) is 18.2 Å². The first kappa shape index (κ1) is 18.9. The first-order valence-corrected chi connectivity index (χ1v) is 8.02. The highest BCUT2D eigenvalue weighted by Gasteiger charge is 2.61. The number of carbonyl (C=O) groups excluding carboxylic acids is 1. The van der Waals surface area contributed by atoms with Gasteiger partial charge in [-0.2, -0.15) is 4.98 Å². The SMILES string of the molecule is Nc1ccn([C@@H]2O[C@H](CO)C(OC(=O)c3ccccc3)C2(F)CF)c(=O)n1. The van der Waals surface area contributed by atoms with Crippen LogP contribution in [0.25, 0.3) is 0 Å². The molecule has 144 valence electrons. The predicted octanol–water partition coefficient (Wildman–Crippen LogP) is 0.619. The van der Waals surface area contributed by atoms with Crippen LogP contribution < -0.4 is 11.4 Å². The molecule has 1 aromatic carbocycles. The molecule has 1 aliphatic heterocycles. The second-order valence-corrected chi connectivity index (χ2v) is 6.00. The molecule has 8 nitrogen and oxygen atoms in total. The number of esters is 1. The molecule has 3 N–H and O–H groups in total. The first-order chi connectivity index (χ1) is 12.9. The molecule has 0 spiro atoms. The number of rotatable bonds is 5. The number of aromatic nitrogens is 2. The van der Waals surface area contributed by atoms with Gasteiger partial charge in [-0.25, -0.2) is 18.4 Å². The van der Waals surface area contributed by atoms with Crippen molar-refractivity contribution in [1.29, 1.82) is 0 Å². The number of aliphatic hydroxyl groups excluding tert-OH is 1. The lowest BCUT2D eigenvalue weighted by Crippen LogP contribution is -2.49. The molecule has 0 saturated carbocycles. The molecule has 1 fully saturated rings. The maximum Gasteiger partial charge on any atom is 0.351 e. The Balaban J connectivity index is 1.95. The summed E-state index contributed by atoms with van der Waals surface area (Å²) in [6.45, 7) is -2.39. The van der Waals surface area contributed by atoms with Crippen LogP contribution >= 0.6 is 0 Å². The van der Waals surface area contributed by atoms with E-state index in [9.17, 15) is 19.1 Å². The predicted molar refractivity (Wildman–Crippen MR) is 89.4 cm³/mol. The van der Waals surface area contributed by atoms with Gasteiger partial charge in [0.2, 0.25) is 5.67 Å². The van der Waals surface area contributed by atoms with Crippen molar-refractivity contribution in [3.05, 3.63) is 58.6 Å². The molecule has 1 aliphatic rings. The van der Waals surface area contributed by atoms with E-state index in [0.29, 0.717) is 4.57 Å². The molecule has 0 bridgehead atoms. The summed E-state index contributed by atoms with van der Waals surface area (Å²) in [7, 11) is 0. The third-order valence-corrected chi connectivity index (χ3v) is 4.26. The Kier molecular flexibility index (Phi) is 5.19. The lowest BCUT2D eigenvalue weighted by Gasteiger charge is -2.28. The fraction of sp³-hybridized carbons (Fsp3) is 0.353. The van der Waals surface area contributed by atoms with Gasteiger partial charge in [0, 0.05) is 6.20 Å². The molecule has 0 aliphatic carbocycles. The fourth-order valence-corrected chi connectivity index (χ4v) is 2.91. The zero-order valence-corrected chi connectivity index (χ0v) is 14.0. The van der Waals surface area contributed by atoms with E-state index in [1.165, 1.54) is 18.2 Å². The Morgan fingerprint density at radius 2 is 2.07 bits per heavy atom. The number of nitrogen functional groups attached to an aromatic ring is 1. The van der Waals surface area contributed by atoms with Crippen LogP contribution in [-0.4, -0.2) is 51.8 Å². The van der Waals surface area contributed by atoms with E-state index in [0.717, 1.165) is 6.20 Å². The van der Waals surface area contributed by atoms with Crippen molar-refractivity contribution in [3.63, 3.8) is 0 Å². The Labute approximate surface area is 152 Å². The average Bonchev–Trinajstić information content (AvgIpc) is 2.95. The standard InChI is InChI=1S/C17H17F2N3O5/c18-9-17(19)13(27-14(24)10-4-2-1-3-5-10)11(8-23)26-15(17)22-7-6-12(20)21-16(22)25/h1-7,11,13,15,23H,8-9H2,(H2,20,21,25)/t11-,13?,15-,17?/m1/s1. The average molecular weight is 381 g/mol. The van der Waals surface area contributed by atoms with E-state index < -0.39 is 49.0 Å². The van der Waals surface area contributed by atoms with Crippen molar-refractivity contribution in [1.82, 2.24) is 9.55 Å². The summed E-state index contributed by atoms with van der Waals surface area (Å²) < 4.78 is 40.4. The Bertz CT molecular complexity index is 878. The minimum absolute atomic E-state index is 0.107. The number of benzene rings is 1. The van der Waals surface area contributed by atoms with Crippen LogP contribution in [0.15, 0.2) is 47.4 Å². The van der Waals surface area contributed by atoms with Crippen LogP contribution in [0.5, 0.6) is 0 Å². The number of alkyl halides is 2. The summed E-state index contributed by atoms with van der Waals surface area (Å²) in [5, 5.41) is 9.50. The Morgan fingerprint density at radius 3 is 2.67 bits per heavy atom. The van der Waals surface area contributed by atoms with Gasteiger partial charge in [-0.05, 0) is 18.2 Å². The molecule has 10 heteroatoms. The molecule has 2 aromatic rings. The minimum atomic E-state index is -2.92. The van der Waals surface area contributed by atoms with Crippen molar-refractivity contribution in [3.8, 4) is 0 Å². The van der Waals surface area contributed by atoms with Crippen LogP contribution in [0.3, 0.4) is 0 Å². The number of aliphatic hydroxyl groups is 1. The highest BCUT2D eigenvalue weighted by atomic mass is 19.2. The highest BCUT2D eigenvalue weighted by molar-refractivity contribution is 5.89. The van der Waals surface area contributed by atoms with Gasteiger partial charge < -0.3 is 20.3 Å². The smallest absolute Gasteiger partial charge is 0.351 e. The van der Waals surface area contributed by atoms with E-state index in [4.69, 9.17) is 15.2 Å². The number of ether oxygens (including phenoxy) is 2. The van der Waals surface area contributed by atoms with Gasteiger partial charge in [0.05, 0.1) is 12.2 Å². The molecule has 1 saturated heterocycles. The van der Waals surface area contributed by atoms with Gasteiger partial charge in [0.25, 0.3) is 0 Å². The van der Waals surface area contributed by atoms with E-state index in [2.05, 4.69) is 4.98 Å². The summed E-state index contributed by atoms with van der Waals surface area (Å²) in [6.07, 6.45) is -3.87. The molecule has 4 atom stereocenters. The monoisotopic (exact) mass is 381 g/mol. The van der Waals surface area contributed by atoms with Crippen molar-refractivity contribution < 1.29 is 28.2 Å². The topological polar surface area (TPSA) is 117 Å². The summed E-state index contributed by atoms with van der Waals surface area (Å²) in [4.78, 5) is 27.7. The molecular formula is C17H17F2N3O5. The van der Waals surface area contributed by atoms with Crippen LogP contribution in [0, 0.1) is 0 Å². The summed E-state index contributed by atoms with van der Waals surface area (Å²) >= 11 is 0. The van der Waals surface area contributed by atoms with Crippen LogP contribution in [0.1, 0.15) is 16.6 Å². The molecule has 3 rings (SSSR count). The molecule has 27 heavy (non-hydrogen) atoms. The van der Waals surface area contributed by atoms with Crippen LogP contribution in [0.4, 0.5) is 14.6 Å². The van der Waals surface area contributed by atoms with Gasteiger partial charge in [0.1, 0.15) is 18.6 Å². The van der Waals surface area contributed by atoms with E-state index in [1.807, 2.05) is 0 Å². The molecule has 0 amide bonds. The third-order valence-electron chi connectivity index (χ3n) is 4.26. The van der Waals surface area contributed by atoms with Gasteiger partial charge in [-0.3, -0.25) is 4.57 Å². The molecule has 2 unspecified atom stereocenters. The Hall–Kier alpha value is -2.85. The van der Waals surface area contributed by atoms with Crippen molar-refractivity contribution in [2.45, 2.75) is 24.1 Å². The Morgan fingerprint density at radius 1 is 1.37 bits per heavy atom. The normalized spacial score (nSPS) is 27.4. The van der Waals surface area contributed by atoms with Gasteiger partial charge >= 0.3 is 11.7 Å². The second kappa shape index (κ2) is 7.41. The fourth-order valence-electron chi connectivity index (χ4n) is 2.91. The zero-order valence-electron chi connectivity index (χ0n) is 14.0. The van der Waals surface area contributed by atoms with E-state index in [-0.39, 0.29) is 11.4 Å². The van der Waals surface area contributed by atoms with Crippen LogP contribution in [0.2, 0.25) is 0 Å². The number of halogens is 2. The highest BCUT2D eigenvalue weighted by Crippen LogP contribution is 2.43. The molecule has 0 radical (unpaired) electrons. The van der Waals surface area contributed by atoms with Crippen molar-refractivity contribution >= 4 is 11.8 Å². The lowest BCUT2D eigenvalue weighted by atomic mass is 9.97. The number of nitrogens with two attached hydrogens (primary N) is 1. The molecule has 1 aromatic heterocycles. The summed E-state index contributed by atoms with van der Waals surface area (Å²) in [5.41, 5.74) is 1.62. The van der Waals surface area contributed by atoms with Crippen molar-refractivity contribution in [2.75, 3.05) is 19.0 Å². The summed E-state index contributed by atoms with van der Waals surface area (Å²) in [5.74, 6) is -1.02. The first-order valence-electron chi connectivity index (χ1n) is 8.02. The van der Waals surface area contributed by atoms with Gasteiger partial charge in [-0.15, -0.1) is 0 Å². The lowest BCUT2D eigenvalue weighted by molar-refractivity contribution is -0.0742. The minimum Gasteiger partial charge on any atom is -0.452 e.